The number of hydrogen-bond acceptors (Lipinski definition) is 4. The van der Waals surface area contributed by atoms with E-state index in [1.54, 1.807) is 25.4 Å². The molecule has 0 saturated heterocycles. The first kappa shape index (κ1) is 13.4. The number of nitrogens with zero attached hydrogens (tertiary/aromatic N) is 1. The first-order valence-corrected chi connectivity index (χ1v) is 5.71. The minimum atomic E-state index is -0.144. The molecular formula is C12H19N3O2. The van der Waals surface area contributed by atoms with E-state index in [2.05, 4.69) is 15.6 Å². The molecule has 0 saturated carbocycles. The van der Waals surface area contributed by atoms with Crippen LogP contribution in [0, 0.1) is 0 Å². The molecule has 0 fully saturated rings. The molecule has 1 unspecified atom stereocenters. The monoisotopic (exact) mass is 237 g/mol. The van der Waals surface area contributed by atoms with Crippen molar-refractivity contribution in [1.82, 2.24) is 10.3 Å². The zero-order chi connectivity index (χ0) is 12.7. The molecule has 1 aromatic rings. The Morgan fingerprint density at radius 2 is 2.35 bits per heavy atom. The fourth-order valence-electron chi connectivity index (χ4n) is 1.46. The van der Waals surface area contributed by atoms with Crippen molar-refractivity contribution in [2.75, 3.05) is 25.5 Å². The lowest BCUT2D eigenvalue weighted by Crippen LogP contribution is -2.32. The van der Waals surface area contributed by atoms with Crippen LogP contribution in [0.4, 0.5) is 5.82 Å². The lowest BCUT2D eigenvalue weighted by Gasteiger charge is -2.13. The van der Waals surface area contributed by atoms with Crippen LogP contribution in [-0.4, -0.2) is 37.2 Å². The van der Waals surface area contributed by atoms with E-state index >= 15 is 0 Å². The number of nitrogens with one attached hydrogen (secondary N) is 2. The van der Waals surface area contributed by atoms with E-state index in [-0.39, 0.29) is 12.0 Å². The number of amides is 1. The molecule has 2 N–H and O–H groups in total. The Hall–Kier alpha value is -1.62. The molecule has 0 aliphatic heterocycles. The molecule has 0 aliphatic rings. The molecular weight excluding hydrogens is 218 g/mol. The van der Waals surface area contributed by atoms with Gasteiger partial charge in [-0.2, -0.15) is 0 Å². The highest BCUT2D eigenvalue weighted by Crippen LogP contribution is 2.09. The van der Waals surface area contributed by atoms with E-state index in [1.807, 2.05) is 13.8 Å². The highest BCUT2D eigenvalue weighted by molar-refractivity contribution is 5.98. The number of anilines is 1. The van der Waals surface area contributed by atoms with Crippen molar-refractivity contribution >= 4 is 11.7 Å². The average Bonchev–Trinajstić information content (AvgIpc) is 2.36. The van der Waals surface area contributed by atoms with E-state index in [9.17, 15) is 4.79 Å². The molecule has 5 nitrogen and oxygen atoms in total. The van der Waals surface area contributed by atoms with Gasteiger partial charge in [-0.15, -0.1) is 0 Å². The van der Waals surface area contributed by atoms with Gasteiger partial charge in [-0.1, -0.05) is 0 Å². The van der Waals surface area contributed by atoms with Gasteiger partial charge in [0.15, 0.2) is 0 Å². The van der Waals surface area contributed by atoms with Crippen LogP contribution in [-0.2, 0) is 4.74 Å². The fraction of sp³-hybridized carbons (Fsp3) is 0.500. The summed E-state index contributed by atoms with van der Waals surface area (Å²) >= 11 is 0. The Morgan fingerprint density at radius 3 is 3.00 bits per heavy atom. The summed E-state index contributed by atoms with van der Waals surface area (Å²) in [5, 5.41) is 5.70. The van der Waals surface area contributed by atoms with Crippen LogP contribution in [0.25, 0.3) is 0 Å². The molecule has 1 heterocycles. The summed E-state index contributed by atoms with van der Waals surface area (Å²) in [4.78, 5) is 16.0. The summed E-state index contributed by atoms with van der Waals surface area (Å²) in [6, 6.07) is 3.47. The van der Waals surface area contributed by atoms with Gasteiger partial charge >= 0.3 is 0 Å². The number of carbonyl (C=O) groups is 1. The molecule has 0 radical (unpaired) electrons. The summed E-state index contributed by atoms with van der Waals surface area (Å²) in [5.41, 5.74) is 0.540. The largest absolute Gasteiger partial charge is 0.377 e. The highest BCUT2D eigenvalue weighted by atomic mass is 16.5. The van der Waals surface area contributed by atoms with E-state index in [4.69, 9.17) is 4.74 Å². The first-order valence-electron chi connectivity index (χ1n) is 5.71. The highest BCUT2D eigenvalue weighted by Gasteiger charge is 2.11. The minimum absolute atomic E-state index is 0.0126. The van der Waals surface area contributed by atoms with Crippen molar-refractivity contribution in [3.05, 3.63) is 23.9 Å². The van der Waals surface area contributed by atoms with Gasteiger partial charge in [0.05, 0.1) is 11.7 Å². The molecule has 0 bridgehead atoms. The molecule has 1 atom stereocenters. The molecule has 0 aromatic carbocycles. The second-order valence-electron chi connectivity index (χ2n) is 3.63. The van der Waals surface area contributed by atoms with Gasteiger partial charge in [0.1, 0.15) is 5.82 Å². The number of ether oxygens (including phenoxy) is 1. The second-order valence-corrected chi connectivity index (χ2v) is 3.63. The Balaban J connectivity index is 2.58. The summed E-state index contributed by atoms with van der Waals surface area (Å²) in [5.74, 6) is 0.433. The third kappa shape index (κ3) is 4.03. The summed E-state index contributed by atoms with van der Waals surface area (Å²) < 4.78 is 5.34. The number of pyridine rings is 1. The third-order valence-corrected chi connectivity index (χ3v) is 2.29. The van der Waals surface area contributed by atoms with Crippen molar-refractivity contribution in [3.8, 4) is 0 Å². The predicted molar refractivity (Wildman–Crippen MR) is 67.2 cm³/mol. The maximum absolute atomic E-state index is 11.9. The van der Waals surface area contributed by atoms with Gasteiger partial charge in [-0.25, -0.2) is 4.98 Å². The lowest BCUT2D eigenvalue weighted by atomic mass is 10.2. The van der Waals surface area contributed by atoms with Crippen LogP contribution >= 0.6 is 0 Å². The van der Waals surface area contributed by atoms with E-state index in [1.165, 1.54) is 0 Å². The zero-order valence-corrected chi connectivity index (χ0v) is 10.5. The standard InChI is InChI=1S/C12H19N3O2/c1-4-17-9(2)8-15-12(16)10-6-5-7-14-11(10)13-3/h5-7,9H,4,8H2,1-3H3,(H,13,14)(H,15,16). The van der Waals surface area contributed by atoms with Gasteiger partial charge in [-0.3, -0.25) is 4.79 Å². The average molecular weight is 237 g/mol. The van der Waals surface area contributed by atoms with Crippen molar-refractivity contribution < 1.29 is 9.53 Å². The predicted octanol–water partition coefficient (Wildman–Crippen LogP) is 1.28. The second kappa shape index (κ2) is 6.85. The SMILES string of the molecule is CCOC(C)CNC(=O)c1cccnc1NC. The van der Waals surface area contributed by atoms with Crippen LogP contribution in [0.3, 0.4) is 0 Å². The van der Waals surface area contributed by atoms with Gasteiger partial charge in [0.2, 0.25) is 0 Å². The van der Waals surface area contributed by atoms with Crippen LogP contribution < -0.4 is 10.6 Å². The summed E-state index contributed by atoms with van der Waals surface area (Å²) in [7, 11) is 1.74. The smallest absolute Gasteiger partial charge is 0.255 e. The Morgan fingerprint density at radius 1 is 1.59 bits per heavy atom. The number of rotatable bonds is 6. The van der Waals surface area contributed by atoms with Gasteiger partial charge in [0, 0.05) is 26.4 Å². The van der Waals surface area contributed by atoms with E-state index in [0.29, 0.717) is 24.5 Å². The molecule has 94 valence electrons. The van der Waals surface area contributed by atoms with Crippen molar-refractivity contribution in [2.24, 2.45) is 0 Å². The third-order valence-electron chi connectivity index (χ3n) is 2.29. The van der Waals surface area contributed by atoms with Crippen molar-refractivity contribution in [2.45, 2.75) is 20.0 Å². The molecule has 1 amide bonds. The summed E-state index contributed by atoms with van der Waals surface area (Å²) in [6.45, 7) is 4.99. The fourth-order valence-corrected chi connectivity index (χ4v) is 1.46. The van der Waals surface area contributed by atoms with Crippen LogP contribution in [0.1, 0.15) is 24.2 Å². The van der Waals surface area contributed by atoms with Gasteiger partial charge in [-0.05, 0) is 26.0 Å². The Bertz CT molecular complexity index is 369. The maximum atomic E-state index is 11.9. The van der Waals surface area contributed by atoms with E-state index < -0.39 is 0 Å². The molecule has 0 spiro atoms. The van der Waals surface area contributed by atoms with Gasteiger partial charge < -0.3 is 15.4 Å². The lowest BCUT2D eigenvalue weighted by molar-refractivity contribution is 0.0695. The number of carbonyl (C=O) groups excluding carboxylic acids is 1. The van der Waals surface area contributed by atoms with Gasteiger partial charge in [0.25, 0.3) is 5.91 Å². The Labute approximate surface area is 102 Å². The topological polar surface area (TPSA) is 63.2 Å². The zero-order valence-electron chi connectivity index (χ0n) is 10.5. The van der Waals surface area contributed by atoms with Crippen LogP contribution in [0.5, 0.6) is 0 Å². The quantitative estimate of drug-likeness (QED) is 0.782. The normalized spacial score (nSPS) is 11.9. The Kier molecular flexibility index (Phi) is 5.42. The van der Waals surface area contributed by atoms with Crippen molar-refractivity contribution in [3.63, 3.8) is 0 Å². The summed E-state index contributed by atoms with van der Waals surface area (Å²) in [6.07, 6.45) is 1.66. The molecule has 0 aliphatic carbocycles. The first-order chi connectivity index (χ1) is 8.19. The molecule has 17 heavy (non-hydrogen) atoms. The maximum Gasteiger partial charge on any atom is 0.255 e. The number of aromatic nitrogens is 1. The molecule has 5 heteroatoms. The van der Waals surface area contributed by atoms with E-state index in [0.717, 1.165) is 0 Å². The van der Waals surface area contributed by atoms with Crippen LogP contribution in [0.15, 0.2) is 18.3 Å². The minimum Gasteiger partial charge on any atom is -0.377 e. The number of hydrogen-bond donors (Lipinski definition) is 2. The molecule has 1 aromatic heterocycles. The van der Waals surface area contributed by atoms with Crippen molar-refractivity contribution in [1.29, 1.82) is 0 Å². The molecule has 1 rings (SSSR count). The van der Waals surface area contributed by atoms with Crippen LogP contribution in [0.2, 0.25) is 0 Å².